The van der Waals surface area contributed by atoms with E-state index in [4.69, 9.17) is 4.74 Å². The summed E-state index contributed by atoms with van der Waals surface area (Å²) >= 11 is 0. The van der Waals surface area contributed by atoms with Gasteiger partial charge in [0.1, 0.15) is 5.69 Å². The van der Waals surface area contributed by atoms with Gasteiger partial charge in [0.15, 0.2) is 11.6 Å². The summed E-state index contributed by atoms with van der Waals surface area (Å²) in [5.74, 6) is -3.87. The molecule has 1 aromatic rings. The Labute approximate surface area is 144 Å². The van der Waals surface area contributed by atoms with Gasteiger partial charge in [-0.25, -0.2) is 18.6 Å². The molecule has 0 radical (unpaired) electrons. The van der Waals surface area contributed by atoms with Crippen molar-refractivity contribution in [3.8, 4) is 5.88 Å². The highest BCUT2D eigenvalue weighted by molar-refractivity contribution is 6.11. The number of halogens is 2. The summed E-state index contributed by atoms with van der Waals surface area (Å²) in [5, 5.41) is 9.49. The Kier molecular flexibility index (Phi) is 6.06. The number of allylic oxidation sites excluding steroid dienone is 1. The van der Waals surface area contributed by atoms with Crippen LogP contribution in [0.3, 0.4) is 0 Å². The third-order valence-electron chi connectivity index (χ3n) is 3.02. The number of pyridine rings is 1. The van der Waals surface area contributed by atoms with Crippen LogP contribution < -0.4 is 9.64 Å². The van der Waals surface area contributed by atoms with Gasteiger partial charge in [-0.15, -0.1) is 0 Å². The highest BCUT2D eigenvalue weighted by Crippen LogP contribution is 2.32. The van der Waals surface area contributed by atoms with Gasteiger partial charge >= 0.3 is 6.09 Å². The molecule has 0 aliphatic rings. The van der Waals surface area contributed by atoms with Crippen LogP contribution in [-0.4, -0.2) is 53.6 Å². The Bertz CT molecular complexity index is 712. The van der Waals surface area contributed by atoms with E-state index in [0.29, 0.717) is 0 Å². The van der Waals surface area contributed by atoms with E-state index >= 15 is 0 Å². The Hall–Kier alpha value is -2.71. The van der Waals surface area contributed by atoms with Gasteiger partial charge in [-0.2, -0.15) is 0 Å². The van der Waals surface area contributed by atoms with Crippen LogP contribution in [0, 0.1) is 5.82 Å². The predicted molar refractivity (Wildman–Crippen MR) is 88.2 cm³/mol. The summed E-state index contributed by atoms with van der Waals surface area (Å²) in [4.78, 5) is 29.8. The van der Waals surface area contributed by atoms with Crippen molar-refractivity contribution in [1.82, 2.24) is 9.88 Å². The van der Waals surface area contributed by atoms with Gasteiger partial charge in [-0.1, -0.05) is 0 Å². The van der Waals surface area contributed by atoms with E-state index in [1.54, 1.807) is 20.8 Å². The highest BCUT2D eigenvalue weighted by Gasteiger charge is 2.34. The summed E-state index contributed by atoms with van der Waals surface area (Å²) in [6, 6.07) is 0.793. The fraction of sp³-hybridized carbons (Fsp3) is 0.438. The number of carbonyl (C=O) groups is 2. The van der Waals surface area contributed by atoms with Crippen molar-refractivity contribution >= 4 is 17.6 Å². The molecule has 1 amide bonds. The van der Waals surface area contributed by atoms with Crippen LogP contribution in [0.15, 0.2) is 18.1 Å². The number of aromatic nitrogens is 1. The first-order valence-electron chi connectivity index (χ1n) is 7.26. The third-order valence-corrected chi connectivity index (χ3v) is 3.02. The van der Waals surface area contributed by atoms with Crippen LogP contribution in [0.4, 0.5) is 19.3 Å². The maximum atomic E-state index is 14.1. The number of nitrogens with zero attached hydrogens (tertiary/aromatic N) is 3. The van der Waals surface area contributed by atoms with Crippen molar-refractivity contribution in [2.75, 3.05) is 26.1 Å². The van der Waals surface area contributed by atoms with E-state index in [9.17, 15) is 23.5 Å². The number of hydrogen-bond acceptors (Lipinski definition) is 5. The van der Waals surface area contributed by atoms with Crippen LogP contribution in [0.2, 0.25) is 0 Å². The third kappa shape index (κ3) is 4.65. The van der Waals surface area contributed by atoms with Gasteiger partial charge in [0, 0.05) is 31.9 Å². The molecular formula is C16H21F2N3O4. The molecule has 25 heavy (non-hydrogen) atoms. The first kappa shape index (κ1) is 20.3. The topological polar surface area (TPSA) is 83.0 Å². The maximum Gasteiger partial charge on any atom is 0.412 e. The van der Waals surface area contributed by atoms with Crippen LogP contribution >= 0.6 is 0 Å². The van der Waals surface area contributed by atoms with Crippen molar-refractivity contribution in [2.45, 2.75) is 26.3 Å². The van der Waals surface area contributed by atoms with Crippen LogP contribution in [0.1, 0.15) is 31.3 Å². The number of methoxy groups -OCH3 is 1. The molecule has 0 bridgehead atoms. The smallest absolute Gasteiger partial charge is 0.412 e. The van der Waals surface area contributed by atoms with Crippen molar-refractivity contribution < 1.29 is 28.2 Å². The van der Waals surface area contributed by atoms with Crippen molar-refractivity contribution in [2.24, 2.45) is 0 Å². The minimum absolute atomic E-state index is 0.370. The van der Waals surface area contributed by atoms with Crippen molar-refractivity contribution in [3.63, 3.8) is 0 Å². The second kappa shape index (κ2) is 7.45. The molecule has 0 spiro atoms. The summed E-state index contributed by atoms with van der Waals surface area (Å²) in [6.45, 7) is 4.64. The number of carboxylic acid groups (broad SMARTS) is 1. The lowest BCUT2D eigenvalue weighted by Crippen LogP contribution is -2.46. The molecule has 0 aromatic carbocycles. The second-order valence-corrected chi connectivity index (χ2v) is 6.41. The van der Waals surface area contributed by atoms with Crippen LogP contribution in [0.5, 0.6) is 5.88 Å². The van der Waals surface area contributed by atoms with Crippen LogP contribution in [-0.2, 0) is 0 Å². The van der Waals surface area contributed by atoms with E-state index in [1.807, 2.05) is 0 Å². The molecule has 1 rings (SSSR count). The van der Waals surface area contributed by atoms with E-state index in [-0.39, 0.29) is 5.69 Å². The molecule has 9 heteroatoms. The number of rotatable bonds is 5. The number of Topliss-reactive ketones (excluding diaryl/α,β-unsaturated/α-hetero) is 1. The quantitative estimate of drug-likeness (QED) is 0.644. The second-order valence-electron chi connectivity index (χ2n) is 6.41. The van der Waals surface area contributed by atoms with Gasteiger partial charge in [0.05, 0.1) is 12.8 Å². The molecule has 0 atom stereocenters. The number of amides is 1. The van der Waals surface area contributed by atoms with E-state index in [2.05, 4.69) is 4.98 Å². The molecule has 0 saturated heterocycles. The fourth-order valence-electron chi connectivity index (χ4n) is 2.09. The molecule has 0 aliphatic carbocycles. The maximum absolute atomic E-state index is 14.1. The van der Waals surface area contributed by atoms with E-state index in [1.165, 1.54) is 19.0 Å². The van der Waals surface area contributed by atoms with Crippen LogP contribution in [0.25, 0.3) is 0 Å². The number of ether oxygens (including phenoxy) is 1. The van der Waals surface area contributed by atoms with Gasteiger partial charge < -0.3 is 14.7 Å². The zero-order chi connectivity index (χ0) is 19.5. The SMILES string of the molecule is COc1nc(C(=O)/C(F)=C\N(C)C)c(N(C(=O)O)C(C)(C)C)cc1F. The highest BCUT2D eigenvalue weighted by atomic mass is 19.1. The Morgan fingerprint density at radius 2 is 1.88 bits per heavy atom. The van der Waals surface area contributed by atoms with Gasteiger partial charge in [-0.05, 0) is 20.8 Å². The van der Waals surface area contributed by atoms with Crippen molar-refractivity contribution in [3.05, 3.63) is 29.6 Å². The van der Waals surface area contributed by atoms with Crippen molar-refractivity contribution in [1.29, 1.82) is 0 Å². The zero-order valence-electron chi connectivity index (χ0n) is 14.9. The van der Waals surface area contributed by atoms with E-state index in [0.717, 1.165) is 24.3 Å². The summed E-state index contributed by atoms with van der Waals surface area (Å²) in [5.41, 5.74) is -1.97. The number of hydrogen-bond donors (Lipinski definition) is 1. The lowest BCUT2D eigenvalue weighted by molar-refractivity contribution is 0.0996. The average molecular weight is 357 g/mol. The monoisotopic (exact) mass is 357 g/mol. The Morgan fingerprint density at radius 3 is 2.28 bits per heavy atom. The molecule has 0 saturated carbocycles. The molecular weight excluding hydrogens is 336 g/mol. The fourth-order valence-corrected chi connectivity index (χ4v) is 2.09. The summed E-state index contributed by atoms with van der Waals surface area (Å²) in [6.07, 6.45) is -0.531. The molecule has 0 fully saturated rings. The number of ketones is 1. The molecule has 138 valence electrons. The minimum Gasteiger partial charge on any atom is -0.479 e. The first-order valence-corrected chi connectivity index (χ1v) is 7.26. The molecule has 0 unspecified atom stereocenters. The largest absolute Gasteiger partial charge is 0.479 e. The van der Waals surface area contributed by atoms with Gasteiger partial charge in [0.25, 0.3) is 5.88 Å². The van der Waals surface area contributed by atoms with Gasteiger partial charge in [0.2, 0.25) is 5.78 Å². The summed E-state index contributed by atoms with van der Waals surface area (Å²) < 4.78 is 32.9. The standard InChI is InChI=1S/C16H21F2N3O4/c1-16(2,3)21(15(23)24)11-7-9(17)14(25-6)19-12(11)13(22)10(18)8-20(4)5/h7-8H,1-6H3,(H,23,24)/b10-8+. The first-order chi connectivity index (χ1) is 11.4. The molecule has 0 aliphatic heterocycles. The average Bonchev–Trinajstić information content (AvgIpc) is 2.44. The molecule has 7 nitrogen and oxygen atoms in total. The van der Waals surface area contributed by atoms with E-state index < -0.39 is 40.6 Å². The normalized spacial score (nSPS) is 11.9. The number of carbonyl (C=O) groups excluding carboxylic acids is 1. The number of anilines is 1. The Balaban J connectivity index is 3.70. The summed E-state index contributed by atoms with van der Waals surface area (Å²) in [7, 11) is 4.14. The molecule has 1 N–H and O–H groups in total. The lowest BCUT2D eigenvalue weighted by atomic mass is 10.0. The Morgan fingerprint density at radius 1 is 1.32 bits per heavy atom. The lowest BCUT2D eigenvalue weighted by Gasteiger charge is -2.33. The molecule has 1 heterocycles. The minimum atomic E-state index is -1.44. The van der Waals surface area contributed by atoms with Gasteiger partial charge in [-0.3, -0.25) is 9.69 Å². The molecule has 1 aromatic heterocycles. The predicted octanol–water partition coefficient (Wildman–Crippen LogP) is 3.07. The zero-order valence-corrected chi connectivity index (χ0v) is 14.9.